The Morgan fingerprint density at radius 3 is 1.32 bits per heavy atom. The number of hydrogen-bond donors (Lipinski definition) is 2. The SMILES string of the molecule is CCc1ccc(C(=O)Nc2c(C)c(C)c(NC(=O)c3ccc(CCCCCCCC[N+](C)(C)C)cc3)c(C)c2C)cc1.[Cl-].[Cl-]. The number of nitrogens with one attached hydrogen (secondary N) is 2. The smallest absolute Gasteiger partial charge is 0.255 e. The fourth-order valence-electron chi connectivity index (χ4n) is 5.40. The van der Waals surface area contributed by atoms with Crippen molar-refractivity contribution in [1.82, 2.24) is 0 Å². The summed E-state index contributed by atoms with van der Waals surface area (Å²) in [5.41, 5.74) is 9.20. The topological polar surface area (TPSA) is 58.2 Å². The molecule has 0 aliphatic carbocycles. The Kier molecular flexibility index (Phi) is 16.2. The zero-order valence-electron chi connectivity index (χ0n) is 28.0. The molecule has 0 saturated heterocycles. The summed E-state index contributed by atoms with van der Waals surface area (Å²) in [6, 6.07) is 15.7. The van der Waals surface area contributed by atoms with Crippen molar-refractivity contribution in [1.29, 1.82) is 0 Å². The van der Waals surface area contributed by atoms with E-state index in [9.17, 15) is 9.59 Å². The molecular formula is C37H52Cl2N3O2-. The second kappa shape index (κ2) is 18.2. The number of unbranched alkanes of at least 4 members (excludes halogenated alkanes) is 5. The lowest BCUT2D eigenvalue weighted by atomic mass is 9.95. The predicted molar refractivity (Wildman–Crippen MR) is 178 cm³/mol. The van der Waals surface area contributed by atoms with Crippen LogP contribution < -0.4 is 35.4 Å². The monoisotopic (exact) mass is 640 g/mol. The van der Waals surface area contributed by atoms with Gasteiger partial charge in [-0.1, -0.05) is 50.5 Å². The maximum Gasteiger partial charge on any atom is 0.255 e. The first-order valence-corrected chi connectivity index (χ1v) is 15.6. The van der Waals surface area contributed by atoms with Crippen LogP contribution in [0.2, 0.25) is 0 Å². The van der Waals surface area contributed by atoms with Gasteiger partial charge in [-0.3, -0.25) is 9.59 Å². The average molecular weight is 642 g/mol. The number of aryl methyl sites for hydroxylation is 2. The van der Waals surface area contributed by atoms with Gasteiger partial charge in [-0.05, 0) is 117 Å². The van der Waals surface area contributed by atoms with Crippen molar-refractivity contribution in [3.05, 3.63) is 93.0 Å². The third kappa shape index (κ3) is 11.3. The number of quaternary nitrogens is 1. The maximum absolute atomic E-state index is 13.2. The molecule has 0 bridgehead atoms. The molecule has 0 unspecified atom stereocenters. The Bertz CT molecular complexity index is 1330. The van der Waals surface area contributed by atoms with Crippen LogP contribution >= 0.6 is 0 Å². The van der Waals surface area contributed by atoms with Crippen LogP contribution in [0.4, 0.5) is 11.4 Å². The van der Waals surface area contributed by atoms with Gasteiger partial charge in [0, 0.05) is 22.5 Å². The van der Waals surface area contributed by atoms with Crippen LogP contribution in [0.25, 0.3) is 0 Å². The summed E-state index contributed by atoms with van der Waals surface area (Å²) in [4.78, 5) is 26.2. The van der Waals surface area contributed by atoms with E-state index in [1.54, 1.807) is 0 Å². The van der Waals surface area contributed by atoms with Crippen molar-refractivity contribution in [2.45, 2.75) is 86.0 Å². The molecule has 44 heavy (non-hydrogen) atoms. The molecule has 0 aromatic heterocycles. The molecular weight excluding hydrogens is 589 g/mol. The van der Waals surface area contributed by atoms with Crippen molar-refractivity contribution in [2.24, 2.45) is 0 Å². The fraction of sp³-hybridized carbons (Fsp3) is 0.459. The molecule has 3 rings (SSSR count). The van der Waals surface area contributed by atoms with Crippen molar-refractivity contribution in [2.75, 3.05) is 38.3 Å². The summed E-state index contributed by atoms with van der Waals surface area (Å²) in [5, 5.41) is 6.27. The molecule has 0 spiro atoms. The average Bonchev–Trinajstić information content (AvgIpc) is 2.97. The maximum atomic E-state index is 13.2. The molecule has 0 fully saturated rings. The fourth-order valence-corrected chi connectivity index (χ4v) is 5.40. The lowest BCUT2D eigenvalue weighted by Gasteiger charge is -2.23. The van der Waals surface area contributed by atoms with Crippen molar-refractivity contribution >= 4 is 23.2 Å². The molecule has 0 aliphatic rings. The number of carbonyl (C=O) groups excluding carboxylic acids is 2. The standard InChI is InChI=1S/C37H51N3O2.2ClH/c1-9-30-17-21-32(22-18-30)36(41)38-34-26(2)28(4)35(29(5)27(34)3)39-37(42)33-23-19-31(20-24-33)16-14-12-10-11-13-15-25-40(6,7)8;;/h17-24H,9-16,25H2,1-8H3,(H-,38,39,41,42);2*1H/p-1. The van der Waals surface area contributed by atoms with E-state index in [0.717, 1.165) is 51.0 Å². The highest BCUT2D eigenvalue weighted by Crippen LogP contribution is 2.35. The van der Waals surface area contributed by atoms with E-state index in [0.29, 0.717) is 11.1 Å². The number of nitrogens with zero attached hydrogens (tertiary/aromatic N) is 1. The van der Waals surface area contributed by atoms with Crippen LogP contribution in [0.15, 0.2) is 48.5 Å². The Morgan fingerprint density at radius 1 is 0.568 bits per heavy atom. The molecule has 0 heterocycles. The normalized spacial score (nSPS) is 10.9. The Morgan fingerprint density at radius 2 is 0.932 bits per heavy atom. The van der Waals surface area contributed by atoms with Crippen LogP contribution in [0.3, 0.4) is 0 Å². The molecule has 2 N–H and O–H groups in total. The van der Waals surface area contributed by atoms with Gasteiger partial charge in [0.15, 0.2) is 0 Å². The number of amides is 2. The largest absolute Gasteiger partial charge is 1.00 e. The molecule has 3 aromatic carbocycles. The zero-order chi connectivity index (χ0) is 30.9. The lowest BCUT2D eigenvalue weighted by Crippen LogP contribution is -3.00. The summed E-state index contributed by atoms with van der Waals surface area (Å²) in [6.07, 6.45) is 9.67. The van der Waals surface area contributed by atoms with E-state index in [1.165, 1.54) is 56.2 Å². The van der Waals surface area contributed by atoms with Crippen LogP contribution in [-0.4, -0.2) is 44.0 Å². The van der Waals surface area contributed by atoms with E-state index < -0.39 is 0 Å². The van der Waals surface area contributed by atoms with E-state index in [-0.39, 0.29) is 36.6 Å². The number of carbonyl (C=O) groups is 2. The first-order chi connectivity index (χ1) is 19.9. The highest BCUT2D eigenvalue weighted by molar-refractivity contribution is 6.07. The van der Waals surface area contributed by atoms with E-state index in [4.69, 9.17) is 0 Å². The van der Waals surface area contributed by atoms with Gasteiger partial charge < -0.3 is 39.9 Å². The highest BCUT2D eigenvalue weighted by Gasteiger charge is 2.19. The first-order valence-electron chi connectivity index (χ1n) is 15.6. The number of rotatable bonds is 14. The van der Waals surface area contributed by atoms with Crippen LogP contribution in [0, 0.1) is 27.7 Å². The van der Waals surface area contributed by atoms with Gasteiger partial charge in [-0.25, -0.2) is 0 Å². The molecule has 2 amide bonds. The minimum atomic E-state index is -0.130. The lowest BCUT2D eigenvalue weighted by molar-refractivity contribution is -0.870. The third-order valence-corrected chi connectivity index (χ3v) is 8.49. The minimum absolute atomic E-state index is 0. The molecule has 0 radical (unpaired) electrons. The number of halogens is 2. The van der Waals surface area contributed by atoms with Gasteiger partial charge in [0.2, 0.25) is 0 Å². The van der Waals surface area contributed by atoms with Gasteiger partial charge in [0.05, 0.1) is 27.7 Å². The molecule has 0 saturated carbocycles. The molecule has 242 valence electrons. The highest BCUT2D eigenvalue weighted by atomic mass is 35.5. The van der Waals surface area contributed by atoms with Crippen LogP contribution in [0.5, 0.6) is 0 Å². The Hall–Kier alpha value is -2.86. The van der Waals surface area contributed by atoms with E-state index in [2.05, 4.69) is 50.8 Å². The zero-order valence-corrected chi connectivity index (χ0v) is 29.5. The molecule has 7 heteroatoms. The Balaban J connectivity index is 0.00000484. The van der Waals surface area contributed by atoms with Crippen LogP contribution in [-0.2, 0) is 12.8 Å². The summed E-state index contributed by atoms with van der Waals surface area (Å²) < 4.78 is 1.05. The van der Waals surface area contributed by atoms with Crippen molar-refractivity contribution in [3.8, 4) is 0 Å². The number of benzene rings is 3. The quantitative estimate of drug-likeness (QED) is 0.210. The Labute approximate surface area is 278 Å². The molecule has 0 aliphatic heterocycles. The van der Waals surface area contributed by atoms with Gasteiger partial charge in [-0.15, -0.1) is 0 Å². The van der Waals surface area contributed by atoms with Gasteiger partial charge >= 0.3 is 0 Å². The second-order valence-electron chi connectivity index (χ2n) is 12.8. The summed E-state index contributed by atoms with van der Waals surface area (Å²) in [5.74, 6) is -0.247. The minimum Gasteiger partial charge on any atom is -1.00 e. The summed E-state index contributed by atoms with van der Waals surface area (Å²) >= 11 is 0. The van der Waals surface area contributed by atoms with Crippen molar-refractivity contribution in [3.63, 3.8) is 0 Å². The third-order valence-electron chi connectivity index (χ3n) is 8.49. The molecule has 3 aromatic rings. The van der Waals surface area contributed by atoms with Gasteiger partial charge in [0.1, 0.15) is 0 Å². The number of hydrogen-bond acceptors (Lipinski definition) is 2. The first kappa shape index (κ1) is 39.2. The van der Waals surface area contributed by atoms with E-state index >= 15 is 0 Å². The van der Waals surface area contributed by atoms with E-state index in [1.807, 2.05) is 64.1 Å². The van der Waals surface area contributed by atoms with Crippen molar-refractivity contribution < 1.29 is 38.9 Å². The molecule has 0 atom stereocenters. The van der Waals surface area contributed by atoms with Gasteiger partial charge in [0.25, 0.3) is 11.8 Å². The second-order valence-corrected chi connectivity index (χ2v) is 12.8. The number of anilines is 2. The van der Waals surface area contributed by atoms with Gasteiger partial charge in [-0.2, -0.15) is 0 Å². The summed E-state index contributed by atoms with van der Waals surface area (Å²) in [7, 11) is 6.77. The summed E-state index contributed by atoms with van der Waals surface area (Å²) in [6.45, 7) is 11.3. The van der Waals surface area contributed by atoms with Crippen LogP contribution in [0.1, 0.15) is 99.5 Å². The predicted octanol–water partition coefficient (Wildman–Crippen LogP) is 2.58. The molecule has 5 nitrogen and oxygen atoms in total.